The molecule has 4 aromatic carbocycles. The first-order valence-corrected chi connectivity index (χ1v) is 9.94. The summed E-state index contributed by atoms with van der Waals surface area (Å²) in [6.07, 6.45) is 0. The molecule has 3 N–H and O–H groups in total. The number of aryl methyl sites for hydroxylation is 1. The second-order valence-electron chi connectivity index (χ2n) is 7.65. The van der Waals surface area contributed by atoms with E-state index in [-0.39, 0.29) is 29.1 Å². The normalized spacial score (nSPS) is 12.1. The van der Waals surface area contributed by atoms with Crippen molar-refractivity contribution < 1.29 is 15.3 Å². The van der Waals surface area contributed by atoms with E-state index in [0.29, 0.717) is 0 Å². The Morgan fingerprint density at radius 2 is 0.800 bits per heavy atom. The summed E-state index contributed by atoms with van der Waals surface area (Å²) in [5.41, 5.74) is 5.05. The maximum atomic E-state index is 10.2. The zero-order chi connectivity index (χ0) is 21.1. The number of phenolic OH excluding ortho intramolecular Hbond substituents is 3. The highest BCUT2D eigenvalue weighted by Crippen LogP contribution is 2.44. The largest absolute Gasteiger partial charge is 0.508 e. The van der Waals surface area contributed by atoms with Crippen LogP contribution < -0.4 is 0 Å². The molecule has 4 rings (SSSR count). The lowest BCUT2D eigenvalue weighted by atomic mass is 9.73. The quantitative estimate of drug-likeness (QED) is 0.383. The Morgan fingerprint density at radius 3 is 1.13 bits per heavy atom. The van der Waals surface area contributed by atoms with E-state index in [1.807, 2.05) is 42.5 Å². The molecule has 0 bridgehead atoms. The van der Waals surface area contributed by atoms with Crippen molar-refractivity contribution in [3.05, 3.63) is 125 Å². The van der Waals surface area contributed by atoms with Crippen LogP contribution in [-0.2, 0) is 0 Å². The number of aromatic hydroxyl groups is 3. The van der Waals surface area contributed by atoms with E-state index in [1.165, 1.54) is 0 Å². The smallest absolute Gasteiger partial charge is 0.115 e. The highest BCUT2D eigenvalue weighted by atomic mass is 16.3. The molecular formula is C27H24O3. The van der Waals surface area contributed by atoms with E-state index in [4.69, 9.17) is 0 Å². The van der Waals surface area contributed by atoms with Crippen LogP contribution in [0.4, 0.5) is 0 Å². The van der Waals surface area contributed by atoms with E-state index in [0.717, 1.165) is 27.8 Å². The zero-order valence-corrected chi connectivity index (χ0v) is 16.7. The van der Waals surface area contributed by atoms with Crippen LogP contribution in [-0.4, -0.2) is 15.3 Å². The minimum absolute atomic E-state index is 0.138. The van der Waals surface area contributed by atoms with Crippen molar-refractivity contribution >= 4 is 0 Å². The number of hydrogen-bond donors (Lipinski definition) is 3. The fourth-order valence-electron chi connectivity index (χ4n) is 4.17. The number of phenols is 3. The average molecular weight is 396 g/mol. The van der Waals surface area contributed by atoms with Gasteiger partial charge in [0.05, 0.1) is 0 Å². The third-order valence-electron chi connectivity index (χ3n) is 5.42. The molecule has 30 heavy (non-hydrogen) atoms. The van der Waals surface area contributed by atoms with Crippen LogP contribution in [0.1, 0.15) is 39.7 Å². The molecule has 0 fully saturated rings. The molecule has 0 heterocycles. The first kappa shape index (κ1) is 19.6. The van der Waals surface area contributed by atoms with Crippen LogP contribution in [0.2, 0.25) is 0 Å². The zero-order valence-electron chi connectivity index (χ0n) is 16.7. The topological polar surface area (TPSA) is 60.7 Å². The van der Waals surface area contributed by atoms with Crippen LogP contribution in [0.3, 0.4) is 0 Å². The first-order valence-electron chi connectivity index (χ1n) is 9.94. The van der Waals surface area contributed by atoms with Crippen molar-refractivity contribution in [2.24, 2.45) is 0 Å². The Hall–Kier alpha value is -3.72. The molecule has 0 aromatic heterocycles. The third-order valence-corrected chi connectivity index (χ3v) is 5.42. The average Bonchev–Trinajstić information content (AvgIpc) is 2.72. The lowest BCUT2D eigenvalue weighted by Crippen LogP contribution is -2.15. The highest BCUT2D eigenvalue weighted by molar-refractivity contribution is 5.48. The lowest BCUT2D eigenvalue weighted by Gasteiger charge is -2.30. The van der Waals surface area contributed by atoms with Gasteiger partial charge in [0.1, 0.15) is 17.2 Å². The van der Waals surface area contributed by atoms with Gasteiger partial charge in [-0.15, -0.1) is 0 Å². The van der Waals surface area contributed by atoms with E-state index in [9.17, 15) is 15.3 Å². The Balaban J connectivity index is 1.99. The molecule has 150 valence electrons. The maximum Gasteiger partial charge on any atom is 0.115 e. The number of benzene rings is 4. The van der Waals surface area contributed by atoms with Crippen molar-refractivity contribution in [2.45, 2.75) is 18.8 Å². The molecular weight excluding hydrogens is 372 g/mol. The Labute approximate surface area is 176 Å². The van der Waals surface area contributed by atoms with E-state index < -0.39 is 0 Å². The van der Waals surface area contributed by atoms with Crippen LogP contribution in [0, 0.1) is 6.92 Å². The van der Waals surface area contributed by atoms with Crippen LogP contribution in [0.15, 0.2) is 97.1 Å². The molecule has 0 spiro atoms. The summed E-state index contributed by atoms with van der Waals surface area (Å²) in [5.74, 6) is 0.261. The molecule has 1 atom stereocenters. The van der Waals surface area contributed by atoms with Gasteiger partial charge in [-0.1, -0.05) is 66.2 Å². The first-order chi connectivity index (χ1) is 14.5. The van der Waals surface area contributed by atoms with Crippen LogP contribution >= 0.6 is 0 Å². The van der Waals surface area contributed by atoms with E-state index in [2.05, 4.69) is 25.1 Å². The molecule has 0 radical (unpaired) electrons. The summed E-state index contributed by atoms with van der Waals surface area (Å²) in [7, 11) is 0. The number of hydrogen-bond acceptors (Lipinski definition) is 3. The Kier molecular flexibility index (Phi) is 5.44. The lowest BCUT2D eigenvalue weighted by molar-refractivity contribution is 0.470. The van der Waals surface area contributed by atoms with Crippen molar-refractivity contribution in [1.82, 2.24) is 0 Å². The van der Waals surface area contributed by atoms with Gasteiger partial charge < -0.3 is 15.3 Å². The predicted octanol–water partition coefficient (Wildman–Crippen LogP) is 6.08. The highest BCUT2D eigenvalue weighted by Gasteiger charge is 2.29. The van der Waals surface area contributed by atoms with Crippen molar-refractivity contribution in [1.29, 1.82) is 0 Å². The monoisotopic (exact) mass is 396 g/mol. The molecule has 3 nitrogen and oxygen atoms in total. The predicted molar refractivity (Wildman–Crippen MR) is 119 cm³/mol. The van der Waals surface area contributed by atoms with Gasteiger partial charge in [-0.2, -0.15) is 0 Å². The van der Waals surface area contributed by atoms with Gasteiger partial charge in [0.2, 0.25) is 0 Å². The molecule has 1 unspecified atom stereocenters. The summed E-state index contributed by atoms with van der Waals surface area (Å²) in [6, 6.07) is 30.1. The molecule has 0 saturated heterocycles. The van der Waals surface area contributed by atoms with E-state index >= 15 is 0 Å². The summed E-state index contributed by atoms with van der Waals surface area (Å²) in [4.78, 5) is 0. The van der Waals surface area contributed by atoms with Gasteiger partial charge in [0, 0.05) is 11.8 Å². The standard InChI is InChI=1S/C27H24O3/c1-18-6-2-7-19(14-18)26(20-8-3-11-23(28)15-20)27(21-9-4-12-24(29)16-21)22-10-5-13-25(30)17-22/h2-17,26-30H,1H3. The Morgan fingerprint density at radius 1 is 0.467 bits per heavy atom. The summed E-state index contributed by atoms with van der Waals surface area (Å²) in [6.45, 7) is 2.06. The van der Waals surface area contributed by atoms with Gasteiger partial charge in [0.25, 0.3) is 0 Å². The maximum absolute atomic E-state index is 10.2. The second-order valence-corrected chi connectivity index (χ2v) is 7.65. The van der Waals surface area contributed by atoms with E-state index in [1.54, 1.807) is 36.4 Å². The van der Waals surface area contributed by atoms with Gasteiger partial charge in [-0.25, -0.2) is 0 Å². The minimum atomic E-state index is -0.187. The van der Waals surface area contributed by atoms with Crippen molar-refractivity contribution in [2.75, 3.05) is 0 Å². The molecule has 0 aliphatic heterocycles. The fraction of sp³-hybridized carbons (Fsp3) is 0.111. The summed E-state index contributed by atoms with van der Waals surface area (Å²) < 4.78 is 0. The molecule has 0 aliphatic rings. The van der Waals surface area contributed by atoms with Crippen molar-refractivity contribution in [3.63, 3.8) is 0 Å². The van der Waals surface area contributed by atoms with Gasteiger partial charge in [0.15, 0.2) is 0 Å². The number of rotatable bonds is 5. The van der Waals surface area contributed by atoms with Crippen LogP contribution in [0.25, 0.3) is 0 Å². The Bertz CT molecular complexity index is 982. The van der Waals surface area contributed by atoms with Crippen LogP contribution in [0.5, 0.6) is 17.2 Å². The second kappa shape index (κ2) is 8.34. The summed E-state index contributed by atoms with van der Waals surface area (Å²) in [5, 5.41) is 30.6. The molecule has 0 saturated carbocycles. The summed E-state index contributed by atoms with van der Waals surface area (Å²) >= 11 is 0. The van der Waals surface area contributed by atoms with Gasteiger partial charge in [-0.05, 0) is 65.6 Å². The molecule has 4 aromatic rings. The molecule has 0 amide bonds. The molecule has 3 heteroatoms. The minimum Gasteiger partial charge on any atom is -0.508 e. The fourth-order valence-corrected chi connectivity index (χ4v) is 4.17. The molecule has 0 aliphatic carbocycles. The van der Waals surface area contributed by atoms with Crippen molar-refractivity contribution in [3.8, 4) is 17.2 Å². The van der Waals surface area contributed by atoms with Gasteiger partial charge in [-0.3, -0.25) is 0 Å². The van der Waals surface area contributed by atoms with Gasteiger partial charge >= 0.3 is 0 Å². The SMILES string of the molecule is Cc1cccc(C(c2cccc(O)c2)C(c2cccc(O)c2)c2cccc(O)c2)c1. The third kappa shape index (κ3) is 4.15.